The maximum atomic E-state index is 11.8. The molecule has 0 radical (unpaired) electrons. The van der Waals surface area contributed by atoms with Crippen LogP contribution in [0.15, 0.2) is 24.3 Å². The number of amides is 2. The second-order valence-electron chi connectivity index (χ2n) is 4.75. The molecular formula is C14H18N2O3. The van der Waals surface area contributed by atoms with Crippen LogP contribution in [0.5, 0.6) is 0 Å². The molecular weight excluding hydrogens is 244 g/mol. The minimum absolute atomic E-state index is 0.154. The number of hydrogen-bond donors (Lipinski definition) is 3. The van der Waals surface area contributed by atoms with Gasteiger partial charge >= 0.3 is 0 Å². The van der Waals surface area contributed by atoms with Gasteiger partial charge in [-0.25, -0.2) is 0 Å². The van der Waals surface area contributed by atoms with E-state index in [0.29, 0.717) is 13.0 Å². The Kier molecular flexibility index (Phi) is 4.16. The second kappa shape index (κ2) is 5.84. The van der Waals surface area contributed by atoms with E-state index in [4.69, 9.17) is 0 Å². The van der Waals surface area contributed by atoms with Crippen LogP contribution in [-0.2, 0) is 16.0 Å². The lowest BCUT2D eigenvalue weighted by molar-refractivity contribution is -0.122. The Bertz CT molecular complexity index is 487. The molecule has 102 valence electrons. The van der Waals surface area contributed by atoms with Crippen LogP contribution in [0.3, 0.4) is 0 Å². The van der Waals surface area contributed by atoms with Crippen molar-refractivity contribution in [3.63, 3.8) is 0 Å². The first kappa shape index (κ1) is 13.5. The molecule has 0 aromatic heterocycles. The Morgan fingerprint density at radius 3 is 2.84 bits per heavy atom. The SMILES string of the molecule is CC(=O)NCCC(=O)N[C@H]1c2ccccc2C[C@H]1O. The number of carbonyl (C=O) groups is 2. The Morgan fingerprint density at radius 1 is 1.37 bits per heavy atom. The number of nitrogens with one attached hydrogen (secondary N) is 2. The van der Waals surface area contributed by atoms with E-state index >= 15 is 0 Å². The maximum Gasteiger partial charge on any atom is 0.222 e. The molecule has 1 aliphatic rings. The van der Waals surface area contributed by atoms with E-state index in [9.17, 15) is 14.7 Å². The zero-order valence-corrected chi connectivity index (χ0v) is 10.8. The van der Waals surface area contributed by atoms with Gasteiger partial charge in [-0.15, -0.1) is 0 Å². The van der Waals surface area contributed by atoms with Crippen LogP contribution in [0, 0.1) is 0 Å². The van der Waals surface area contributed by atoms with Crippen molar-refractivity contribution in [3.8, 4) is 0 Å². The molecule has 0 bridgehead atoms. The third kappa shape index (κ3) is 3.32. The minimum Gasteiger partial charge on any atom is -0.390 e. The van der Waals surface area contributed by atoms with E-state index in [1.807, 2.05) is 24.3 Å². The molecule has 1 aliphatic carbocycles. The van der Waals surface area contributed by atoms with Gasteiger partial charge in [0.25, 0.3) is 0 Å². The van der Waals surface area contributed by atoms with Crippen LogP contribution >= 0.6 is 0 Å². The number of benzene rings is 1. The van der Waals surface area contributed by atoms with Gasteiger partial charge in [0.1, 0.15) is 0 Å². The van der Waals surface area contributed by atoms with Crippen molar-refractivity contribution in [2.75, 3.05) is 6.54 Å². The van der Waals surface area contributed by atoms with Gasteiger partial charge in [0.15, 0.2) is 0 Å². The van der Waals surface area contributed by atoms with Gasteiger partial charge in [-0.1, -0.05) is 24.3 Å². The van der Waals surface area contributed by atoms with Crippen molar-refractivity contribution in [2.24, 2.45) is 0 Å². The summed E-state index contributed by atoms with van der Waals surface area (Å²) in [4.78, 5) is 22.5. The molecule has 0 saturated heterocycles. The molecule has 5 heteroatoms. The zero-order chi connectivity index (χ0) is 13.8. The fourth-order valence-electron chi connectivity index (χ4n) is 2.35. The molecule has 3 N–H and O–H groups in total. The van der Waals surface area contributed by atoms with Crippen molar-refractivity contribution in [2.45, 2.75) is 31.9 Å². The molecule has 2 rings (SSSR count). The first-order chi connectivity index (χ1) is 9.08. The fraction of sp³-hybridized carbons (Fsp3) is 0.429. The fourth-order valence-corrected chi connectivity index (χ4v) is 2.35. The highest BCUT2D eigenvalue weighted by molar-refractivity contribution is 5.78. The molecule has 0 spiro atoms. The summed E-state index contributed by atoms with van der Waals surface area (Å²) >= 11 is 0. The summed E-state index contributed by atoms with van der Waals surface area (Å²) in [5.41, 5.74) is 2.05. The van der Waals surface area contributed by atoms with Gasteiger partial charge in [-0.2, -0.15) is 0 Å². The van der Waals surface area contributed by atoms with E-state index < -0.39 is 6.10 Å². The Labute approximate surface area is 112 Å². The lowest BCUT2D eigenvalue weighted by Gasteiger charge is -2.18. The van der Waals surface area contributed by atoms with Crippen LogP contribution in [0.25, 0.3) is 0 Å². The van der Waals surface area contributed by atoms with Crippen molar-refractivity contribution >= 4 is 11.8 Å². The van der Waals surface area contributed by atoms with Crippen LogP contribution < -0.4 is 10.6 Å². The van der Waals surface area contributed by atoms with Crippen molar-refractivity contribution < 1.29 is 14.7 Å². The first-order valence-electron chi connectivity index (χ1n) is 6.37. The highest BCUT2D eigenvalue weighted by Crippen LogP contribution is 2.31. The Balaban J connectivity index is 1.92. The lowest BCUT2D eigenvalue weighted by Crippen LogP contribution is -2.35. The predicted octanol–water partition coefficient (Wildman–Crippen LogP) is 0.287. The molecule has 0 saturated carbocycles. The monoisotopic (exact) mass is 262 g/mol. The standard InChI is InChI=1S/C14H18N2O3/c1-9(17)15-7-6-13(19)16-14-11-5-3-2-4-10(11)8-12(14)18/h2-5,12,14,18H,6-8H2,1H3,(H,15,17)(H,16,19)/t12-,14+/m1/s1. The quantitative estimate of drug-likeness (QED) is 0.729. The number of aliphatic hydroxyl groups is 1. The minimum atomic E-state index is -0.581. The zero-order valence-electron chi connectivity index (χ0n) is 10.8. The first-order valence-corrected chi connectivity index (χ1v) is 6.37. The van der Waals surface area contributed by atoms with Gasteiger partial charge in [-0.3, -0.25) is 9.59 Å². The number of aliphatic hydroxyl groups excluding tert-OH is 1. The topological polar surface area (TPSA) is 78.4 Å². The van der Waals surface area contributed by atoms with Crippen LogP contribution in [0.1, 0.15) is 30.5 Å². The number of rotatable bonds is 4. The average Bonchev–Trinajstić information content (AvgIpc) is 2.66. The molecule has 0 heterocycles. The van der Waals surface area contributed by atoms with E-state index in [-0.39, 0.29) is 24.3 Å². The maximum absolute atomic E-state index is 11.8. The van der Waals surface area contributed by atoms with Gasteiger partial charge in [-0.05, 0) is 11.1 Å². The number of hydrogen-bond acceptors (Lipinski definition) is 3. The van der Waals surface area contributed by atoms with E-state index in [0.717, 1.165) is 11.1 Å². The van der Waals surface area contributed by atoms with Gasteiger partial charge in [0.05, 0.1) is 12.1 Å². The highest BCUT2D eigenvalue weighted by atomic mass is 16.3. The molecule has 1 aromatic rings. The predicted molar refractivity (Wildman–Crippen MR) is 70.3 cm³/mol. The summed E-state index contributed by atoms with van der Waals surface area (Å²) in [6.45, 7) is 1.72. The van der Waals surface area contributed by atoms with Crippen LogP contribution in [-0.4, -0.2) is 29.6 Å². The van der Waals surface area contributed by atoms with Gasteiger partial charge in [0.2, 0.25) is 11.8 Å². The normalized spacial score (nSPS) is 20.7. The summed E-state index contributed by atoms with van der Waals surface area (Å²) in [7, 11) is 0. The average molecular weight is 262 g/mol. The van der Waals surface area contributed by atoms with Crippen LogP contribution in [0.4, 0.5) is 0 Å². The molecule has 5 nitrogen and oxygen atoms in total. The van der Waals surface area contributed by atoms with Crippen molar-refractivity contribution in [1.82, 2.24) is 10.6 Å². The Hall–Kier alpha value is -1.88. The third-order valence-corrected chi connectivity index (χ3v) is 3.25. The smallest absolute Gasteiger partial charge is 0.222 e. The molecule has 1 aromatic carbocycles. The Morgan fingerprint density at radius 2 is 2.11 bits per heavy atom. The summed E-state index contributed by atoms with van der Waals surface area (Å²) in [5, 5.41) is 15.4. The third-order valence-electron chi connectivity index (χ3n) is 3.25. The largest absolute Gasteiger partial charge is 0.390 e. The summed E-state index contributed by atoms with van der Waals surface area (Å²) in [6, 6.07) is 7.35. The molecule has 0 aliphatic heterocycles. The second-order valence-corrected chi connectivity index (χ2v) is 4.75. The number of carbonyl (C=O) groups excluding carboxylic acids is 2. The summed E-state index contributed by atoms with van der Waals surface area (Å²) in [5.74, 6) is -0.325. The molecule has 2 amide bonds. The van der Waals surface area contributed by atoms with Gasteiger partial charge in [0, 0.05) is 26.3 Å². The summed E-state index contributed by atoms with van der Waals surface area (Å²) in [6.07, 6.45) is 0.194. The van der Waals surface area contributed by atoms with Crippen molar-refractivity contribution in [1.29, 1.82) is 0 Å². The molecule has 0 unspecified atom stereocenters. The van der Waals surface area contributed by atoms with E-state index in [1.165, 1.54) is 6.92 Å². The van der Waals surface area contributed by atoms with E-state index in [2.05, 4.69) is 10.6 Å². The highest BCUT2D eigenvalue weighted by Gasteiger charge is 2.31. The van der Waals surface area contributed by atoms with E-state index in [1.54, 1.807) is 0 Å². The summed E-state index contributed by atoms with van der Waals surface area (Å²) < 4.78 is 0. The molecule has 2 atom stereocenters. The van der Waals surface area contributed by atoms with Crippen molar-refractivity contribution in [3.05, 3.63) is 35.4 Å². The van der Waals surface area contributed by atoms with Crippen LogP contribution in [0.2, 0.25) is 0 Å². The van der Waals surface area contributed by atoms with Gasteiger partial charge < -0.3 is 15.7 Å². The molecule has 19 heavy (non-hydrogen) atoms. The lowest BCUT2D eigenvalue weighted by atomic mass is 10.1. The number of fused-ring (bicyclic) bond motifs is 1. The molecule has 0 fully saturated rings.